The molecular formula is C22H36N3O3S+. The van der Waals surface area contributed by atoms with Crippen molar-refractivity contribution in [2.45, 2.75) is 50.8 Å². The minimum atomic E-state index is -3.47. The molecular weight excluding hydrogens is 386 g/mol. The first kappa shape index (κ1) is 22.2. The first-order valence-electron chi connectivity index (χ1n) is 11.0. The van der Waals surface area contributed by atoms with Crippen molar-refractivity contribution in [3.63, 3.8) is 0 Å². The highest BCUT2D eigenvalue weighted by atomic mass is 32.2. The van der Waals surface area contributed by atoms with E-state index in [1.165, 1.54) is 16.9 Å². The van der Waals surface area contributed by atoms with Crippen molar-refractivity contribution >= 4 is 15.9 Å². The van der Waals surface area contributed by atoms with E-state index in [-0.39, 0.29) is 5.91 Å². The van der Waals surface area contributed by atoms with Crippen molar-refractivity contribution in [2.75, 3.05) is 45.8 Å². The number of nitrogens with zero attached hydrogens (tertiary/aromatic N) is 2. The van der Waals surface area contributed by atoms with E-state index in [0.29, 0.717) is 49.5 Å². The van der Waals surface area contributed by atoms with Gasteiger partial charge in [0.25, 0.3) is 5.91 Å². The van der Waals surface area contributed by atoms with Gasteiger partial charge in [-0.1, -0.05) is 32.9 Å². The number of quaternary nitrogens is 1. The largest absolute Gasteiger partial charge is 0.338 e. The van der Waals surface area contributed by atoms with Gasteiger partial charge in [0.15, 0.2) is 6.54 Å². The van der Waals surface area contributed by atoms with Gasteiger partial charge in [0, 0.05) is 13.1 Å². The lowest BCUT2D eigenvalue weighted by molar-refractivity contribution is -0.896. The van der Waals surface area contributed by atoms with Gasteiger partial charge in [0.05, 0.1) is 31.1 Å². The molecule has 0 bridgehead atoms. The Hall–Kier alpha value is -1.44. The monoisotopic (exact) mass is 422 g/mol. The summed E-state index contributed by atoms with van der Waals surface area (Å²) in [5.74, 6) is 1.22. The van der Waals surface area contributed by atoms with Crippen molar-refractivity contribution in [1.82, 2.24) is 9.21 Å². The molecule has 2 atom stereocenters. The van der Waals surface area contributed by atoms with E-state index < -0.39 is 10.0 Å². The van der Waals surface area contributed by atoms with Gasteiger partial charge in [-0.15, -0.1) is 0 Å². The summed E-state index contributed by atoms with van der Waals surface area (Å²) >= 11 is 0. The molecule has 2 aliphatic rings. The molecule has 0 aromatic heterocycles. The molecule has 1 aromatic rings. The molecule has 2 saturated heterocycles. The predicted octanol–water partition coefficient (Wildman–Crippen LogP) is 1.35. The van der Waals surface area contributed by atoms with Gasteiger partial charge < -0.3 is 9.80 Å². The van der Waals surface area contributed by atoms with Gasteiger partial charge >= 0.3 is 0 Å². The second-order valence-electron chi connectivity index (χ2n) is 8.80. The van der Waals surface area contributed by atoms with Crippen LogP contribution in [0.5, 0.6) is 0 Å². The number of amides is 1. The van der Waals surface area contributed by atoms with Gasteiger partial charge in [-0.05, 0) is 48.8 Å². The lowest BCUT2D eigenvalue weighted by atomic mass is 9.99. The Morgan fingerprint density at radius 2 is 1.83 bits per heavy atom. The van der Waals surface area contributed by atoms with Crippen molar-refractivity contribution < 1.29 is 18.1 Å². The van der Waals surface area contributed by atoms with Gasteiger partial charge in [-0.3, -0.25) is 4.79 Å². The zero-order chi connectivity index (χ0) is 21.0. The van der Waals surface area contributed by atoms with Crippen LogP contribution in [0.15, 0.2) is 29.2 Å². The quantitative estimate of drug-likeness (QED) is 0.753. The Kier molecular flexibility index (Phi) is 7.35. The smallest absolute Gasteiger partial charge is 0.277 e. The zero-order valence-corrected chi connectivity index (χ0v) is 18.9. The molecule has 3 rings (SSSR count). The molecule has 29 heavy (non-hydrogen) atoms. The zero-order valence-electron chi connectivity index (χ0n) is 18.1. The first-order chi connectivity index (χ1) is 13.8. The molecule has 1 N–H and O–H groups in total. The summed E-state index contributed by atoms with van der Waals surface area (Å²) < 4.78 is 27.6. The summed E-state index contributed by atoms with van der Waals surface area (Å²) in [5.41, 5.74) is 1.17. The Balaban J connectivity index is 1.54. The van der Waals surface area contributed by atoms with Crippen LogP contribution < -0.4 is 4.90 Å². The molecule has 0 aliphatic carbocycles. The number of benzene rings is 1. The van der Waals surface area contributed by atoms with Crippen LogP contribution in [0, 0.1) is 5.92 Å². The van der Waals surface area contributed by atoms with E-state index in [4.69, 9.17) is 0 Å². The highest BCUT2D eigenvalue weighted by molar-refractivity contribution is 7.89. The molecule has 0 spiro atoms. The summed E-state index contributed by atoms with van der Waals surface area (Å²) in [5, 5.41) is 0. The number of nitrogens with one attached hydrogen (secondary N) is 1. The van der Waals surface area contributed by atoms with Crippen molar-refractivity contribution in [2.24, 2.45) is 5.92 Å². The Labute approximate surface area is 175 Å². The molecule has 6 nitrogen and oxygen atoms in total. The minimum Gasteiger partial charge on any atom is -0.338 e. The van der Waals surface area contributed by atoms with Crippen LogP contribution >= 0.6 is 0 Å². The molecule has 162 valence electrons. The van der Waals surface area contributed by atoms with E-state index in [0.717, 1.165) is 25.9 Å². The number of sulfonamides is 1. The van der Waals surface area contributed by atoms with Crippen molar-refractivity contribution in [1.29, 1.82) is 0 Å². The fourth-order valence-corrected chi connectivity index (χ4v) is 5.76. The second-order valence-corrected chi connectivity index (χ2v) is 10.7. The Morgan fingerprint density at radius 3 is 2.41 bits per heavy atom. The first-order valence-corrected chi connectivity index (χ1v) is 12.5. The number of carbonyl (C=O) groups is 1. The molecule has 7 heteroatoms. The van der Waals surface area contributed by atoms with Gasteiger partial charge in [-0.25, -0.2) is 8.42 Å². The van der Waals surface area contributed by atoms with Gasteiger partial charge in [0.1, 0.15) is 0 Å². The van der Waals surface area contributed by atoms with Crippen LogP contribution in [0.1, 0.15) is 51.5 Å². The van der Waals surface area contributed by atoms with E-state index >= 15 is 0 Å². The molecule has 2 aliphatic heterocycles. The van der Waals surface area contributed by atoms with Crippen molar-refractivity contribution in [3.05, 3.63) is 29.8 Å². The van der Waals surface area contributed by atoms with E-state index in [1.807, 2.05) is 17.0 Å². The summed E-state index contributed by atoms with van der Waals surface area (Å²) in [4.78, 5) is 16.1. The predicted molar refractivity (Wildman–Crippen MR) is 114 cm³/mol. The van der Waals surface area contributed by atoms with Crippen LogP contribution in [0.25, 0.3) is 0 Å². The molecule has 0 saturated carbocycles. The Bertz CT molecular complexity index is 786. The number of hydrogen-bond donors (Lipinski definition) is 1. The number of piperidine rings is 1. The number of likely N-dealkylation sites (tertiary alicyclic amines) is 1. The standard InChI is InChI=1S/C22H35N3O3S/c1-4-19(3)20-7-9-21(10-8-20)29(27,28)25-14-12-23(13-15-25)17-22(26)24-11-5-6-18(2)16-24/h7-10,18-19H,4-6,11-17H2,1-3H3/p+1/t18-,19-/m1/s1. The molecule has 0 unspecified atom stereocenters. The molecule has 2 heterocycles. The highest BCUT2D eigenvalue weighted by Crippen LogP contribution is 2.22. The average Bonchev–Trinajstić information content (AvgIpc) is 2.73. The number of carbonyl (C=O) groups excluding carboxylic acids is 1. The normalized spacial score (nSPS) is 23.1. The van der Waals surface area contributed by atoms with Crippen LogP contribution in [-0.4, -0.2) is 69.3 Å². The van der Waals surface area contributed by atoms with Crippen LogP contribution in [-0.2, 0) is 14.8 Å². The average molecular weight is 423 g/mol. The van der Waals surface area contributed by atoms with Crippen LogP contribution in [0.4, 0.5) is 0 Å². The topological polar surface area (TPSA) is 62.1 Å². The number of rotatable bonds is 6. The SMILES string of the molecule is CC[C@@H](C)c1ccc(S(=O)(=O)N2CC[NH+](CC(=O)N3CCC[C@@H](C)C3)CC2)cc1. The maximum Gasteiger partial charge on any atom is 0.277 e. The lowest BCUT2D eigenvalue weighted by Gasteiger charge is -2.34. The summed E-state index contributed by atoms with van der Waals surface area (Å²) in [6.07, 6.45) is 3.32. The molecule has 2 fully saturated rings. The fraction of sp³-hybridized carbons (Fsp3) is 0.682. The number of hydrogen-bond acceptors (Lipinski definition) is 3. The van der Waals surface area contributed by atoms with E-state index in [2.05, 4.69) is 20.8 Å². The second kappa shape index (κ2) is 9.58. The third-order valence-corrected chi connectivity index (χ3v) is 8.45. The molecule has 1 aromatic carbocycles. The third-order valence-electron chi connectivity index (χ3n) is 6.54. The lowest BCUT2D eigenvalue weighted by Crippen LogP contribution is -3.15. The highest BCUT2D eigenvalue weighted by Gasteiger charge is 2.32. The maximum absolute atomic E-state index is 13.0. The van der Waals surface area contributed by atoms with E-state index in [1.54, 1.807) is 16.4 Å². The Morgan fingerprint density at radius 1 is 1.17 bits per heavy atom. The summed E-state index contributed by atoms with van der Waals surface area (Å²) in [6.45, 7) is 11.0. The molecule has 0 radical (unpaired) electrons. The van der Waals surface area contributed by atoms with Gasteiger partial charge in [-0.2, -0.15) is 4.31 Å². The third kappa shape index (κ3) is 5.38. The van der Waals surface area contributed by atoms with Crippen LogP contribution in [0.3, 0.4) is 0 Å². The number of piperazine rings is 1. The summed E-state index contributed by atoms with van der Waals surface area (Å²) in [6, 6.07) is 7.33. The van der Waals surface area contributed by atoms with E-state index in [9.17, 15) is 13.2 Å². The maximum atomic E-state index is 13.0. The van der Waals surface area contributed by atoms with Crippen LogP contribution in [0.2, 0.25) is 0 Å². The van der Waals surface area contributed by atoms with Gasteiger partial charge in [0.2, 0.25) is 10.0 Å². The summed E-state index contributed by atoms with van der Waals surface area (Å²) in [7, 11) is -3.47. The fourth-order valence-electron chi connectivity index (χ4n) is 4.31. The molecule has 1 amide bonds. The van der Waals surface area contributed by atoms with Crippen molar-refractivity contribution in [3.8, 4) is 0 Å². The minimum absolute atomic E-state index is 0.212.